The van der Waals surface area contributed by atoms with Gasteiger partial charge in [-0.2, -0.15) is 5.26 Å². The van der Waals surface area contributed by atoms with Gasteiger partial charge in [-0.15, -0.1) is 0 Å². The van der Waals surface area contributed by atoms with E-state index in [1.807, 2.05) is 0 Å². The molecule has 2 fully saturated rings. The quantitative estimate of drug-likeness (QED) is 0.806. The van der Waals surface area contributed by atoms with Crippen LogP contribution in [0.1, 0.15) is 44.9 Å². The molecule has 0 saturated heterocycles. The second kappa shape index (κ2) is 5.71. The lowest BCUT2D eigenvalue weighted by Crippen LogP contribution is -2.44. The molecule has 0 aliphatic heterocycles. The van der Waals surface area contributed by atoms with Gasteiger partial charge in [0.15, 0.2) is 0 Å². The van der Waals surface area contributed by atoms with Gasteiger partial charge in [-0.05, 0) is 32.7 Å². The molecular formula is C14H23N3O. The van der Waals surface area contributed by atoms with Crippen LogP contribution in [0.15, 0.2) is 0 Å². The molecule has 0 aromatic heterocycles. The largest absolute Gasteiger partial charge is 0.353 e. The van der Waals surface area contributed by atoms with Crippen LogP contribution in [0.3, 0.4) is 0 Å². The lowest BCUT2D eigenvalue weighted by atomic mass is 9.74. The summed E-state index contributed by atoms with van der Waals surface area (Å²) >= 11 is 0. The van der Waals surface area contributed by atoms with Gasteiger partial charge in [-0.3, -0.25) is 4.79 Å². The number of likely N-dealkylation sites (N-methyl/N-ethyl adjacent to an activating group) is 1. The Kier molecular flexibility index (Phi) is 4.23. The monoisotopic (exact) mass is 249 g/mol. The summed E-state index contributed by atoms with van der Waals surface area (Å²) in [5, 5.41) is 12.3. The van der Waals surface area contributed by atoms with Crippen molar-refractivity contribution in [2.45, 2.75) is 51.0 Å². The number of hydrogen-bond acceptors (Lipinski definition) is 3. The number of carbonyl (C=O) groups is 1. The molecule has 4 heteroatoms. The Bertz CT molecular complexity index is 337. The number of rotatable bonds is 5. The van der Waals surface area contributed by atoms with Gasteiger partial charge < -0.3 is 10.2 Å². The minimum Gasteiger partial charge on any atom is -0.353 e. The molecule has 2 rings (SSSR count). The van der Waals surface area contributed by atoms with Gasteiger partial charge in [-0.1, -0.05) is 19.3 Å². The second-order valence-corrected chi connectivity index (χ2v) is 5.72. The third kappa shape index (κ3) is 3.02. The van der Waals surface area contributed by atoms with E-state index in [1.54, 1.807) is 0 Å². The first-order valence-corrected chi connectivity index (χ1v) is 7.08. The van der Waals surface area contributed by atoms with E-state index < -0.39 is 5.41 Å². The Hall–Kier alpha value is -1.08. The summed E-state index contributed by atoms with van der Waals surface area (Å²) in [4.78, 5) is 14.5. The van der Waals surface area contributed by atoms with E-state index in [4.69, 9.17) is 0 Å². The third-order valence-corrected chi connectivity index (χ3v) is 4.28. The van der Waals surface area contributed by atoms with Crippen LogP contribution >= 0.6 is 0 Å². The maximum absolute atomic E-state index is 12.2. The van der Waals surface area contributed by atoms with Gasteiger partial charge in [-0.25, -0.2) is 0 Å². The summed E-state index contributed by atoms with van der Waals surface area (Å²) in [5.74, 6) is -0.0473. The van der Waals surface area contributed by atoms with Gasteiger partial charge in [0.2, 0.25) is 5.91 Å². The van der Waals surface area contributed by atoms with E-state index in [-0.39, 0.29) is 5.91 Å². The van der Waals surface area contributed by atoms with E-state index in [9.17, 15) is 10.1 Å². The molecule has 0 aromatic rings. The van der Waals surface area contributed by atoms with Crippen molar-refractivity contribution in [3.05, 3.63) is 0 Å². The predicted molar refractivity (Wildman–Crippen MR) is 69.8 cm³/mol. The van der Waals surface area contributed by atoms with Crippen LogP contribution in [0.2, 0.25) is 0 Å². The van der Waals surface area contributed by atoms with Crippen LogP contribution in [0, 0.1) is 16.7 Å². The van der Waals surface area contributed by atoms with Crippen LogP contribution in [-0.2, 0) is 4.79 Å². The highest BCUT2D eigenvalue weighted by atomic mass is 16.2. The summed E-state index contributed by atoms with van der Waals surface area (Å²) in [6.07, 6.45) is 7.19. The van der Waals surface area contributed by atoms with Gasteiger partial charge in [0, 0.05) is 19.1 Å². The van der Waals surface area contributed by atoms with Gasteiger partial charge in [0.05, 0.1) is 6.07 Å². The summed E-state index contributed by atoms with van der Waals surface area (Å²) in [7, 11) is 2.10. The van der Waals surface area contributed by atoms with Gasteiger partial charge >= 0.3 is 0 Å². The summed E-state index contributed by atoms with van der Waals surface area (Å²) in [6.45, 7) is 1.55. The summed E-state index contributed by atoms with van der Waals surface area (Å²) in [6, 6.07) is 2.99. The molecule has 0 bridgehead atoms. The normalized spacial score (nSPS) is 22.5. The van der Waals surface area contributed by atoms with Crippen molar-refractivity contribution in [2.75, 3.05) is 20.1 Å². The Labute approximate surface area is 109 Å². The van der Waals surface area contributed by atoms with Crippen molar-refractivity contribution in [3.8, 4) is 6.07 Å². The first kappa shape index (κ1) is 13.4. The van der Waals surface area contributed by atoms with Crippen molar-refractivity contribution in [1.29, 1.82) is 5.26 Å². The molecule has 2 aliphatic rings. The Morgan fingerprint density at radius 3 is 2.61 bits per heavy atom. The zero-order valence-corrected chi connectivity index (χ0v) is 11.2. The van der Waals surface area contributed by atoms with E-state index >= 15 is 0 Å². The lowest BCUT2D eigenvalue weighted by Gasteiger charge is -2.29. The van der Waals surface area contributed by atoms with E-state index in [1.165, 1.54) is 12.8 Å². The summed E-state index contributed by atoms with van der Waals surface area (Å²) < 4.78 is 0. The van der Waals surface area contributed by atoms with Crippen LogP contribution in [0.4, 0.5) is 0 Å². The summed E-state index contributed by atoms with van der Waals surface area (Å²) in [5.41, 5.74) is -0.740. The van der Waals surface area contributed by atoms with Crippen molar-refractivity contribution in [3.63, 3.8) is 0 Å². The molecule has 0 unspecified atom stereocenters. The minimum atomic E-state index is -0.740. The maximum atomic E-state index is 12.2. The fourth-order valence-electron chi connectivity index (χ4n) is 2.76. The molecular weight excluding hydrogens is 226 g/mol. The zero-order chi connectivity index (χ0) is 13.0. The molecule has 0 aromatic carbocycles. The standard InChI is InChI=1S/C14H23N3O/c1-17(12-5-6-12)10-9-16-13(18)14(11-15)7-3-2-4-8-14/h12H,2-10H2,1H3,(H,16,18). The van der Waals surface area contributed by atoms with Crippen LogP contribution in [-0.4, -0.2) is 37.0 Å². The lowest BCUT2D eigenvalue weighted by molar-refractivity contribution is -0.129. The minimum absolute atomic E-state index is 0.0473. The third-order valence-electron chi connectivity index (χ3n) is 4.28. The van der Waals surface area contributed by atoms with E-state index in [0.717, 1.165) is 44.7 Å². The van der Waals surface area contributed by atoms with Gasteiger partial charge in [0.25, 0.3) is 0 Å². The van der Waals surface area contributed by atoms with Crippen molar-refractivity contribution in [2.24, 2.45) is 5.41 Å². The van der Waals surface area contributed by atoms with Crippen molar-refractivity contribution < 1.29 is 4.79 Å². The highest BCUT2D eigenvalue weighted by molar-refractivity contribution is 5.85. The second-order valence-electron chi connectivity index (χ2n) is 5.72. The van der Waals surface area contributed by atoms with Crippen LogP contribution in [0.25, 0.3) is 0 Å². The molecule has 0 spiro atoms. The smallest absolute Gasteiger partial charge is 0.240 e. The van der Waals surface area contributed by atoms with Crippen LogP contribution < -0.4 is 5.32 Å². The molecule has 4 nitrogen and oxygen atoms in total. The fraction of sp³-hybridized carbons (Fsp3) is 0.857. The maximum Gasteiger partial charge on any atom is 0.240 e. The molecule has 100 valence electrons. The average molecular weight is 249 g/mol. The highest BCUT2D eigenvalue weighted by Crippen LogP contribution is 2.35. The SMILES string of the molecule is CN(CCNC(=O)C1(C#N)CCCCC1)C1CC1. The van der Waals surface area contributed by atoms with Crippen LogP contribution in [0.5, 0.6) is 0 Å². The molecule has 2 aliphatic carbocycles. The van der Waals surface area contributed by atoms with Crippen molar-refractivity contribution in [1.82, 2.24) is 10.2 Å². The molecule has 2 saturated carbocycles. The predicted octanol–water partition coefficient (Wildman–Crippen LogP) is 1.67. The molecule has 1 amide bonds. The Morgan fingerprint density at radius 1 is 1.39 bits per heavy atom. The average Bonchev–Trinajstić information content (AvgIpc) is 3.23. The molecule has 0 heterocycles. The molecule has 18 heavy (non-hydrogen) atoms. The van der Waals surface area contributed by atoms with E-state index in [2.05, 4.69) is 23.3 Å². The molecule has 0 radical (unpaired) electrons. The number of nitriles is 1. The highest BCUT2D eigenvalue weighted by Gasteiger charge is 2.39. The van der Waals surface area contributed by atoms with Crippen molar-refractivity contribution >= 4 is 5.91 Å². The fourth-order valence-corrected chi connectivity index (χ4v) is 2.76. The first-order chi connectivity index (χ1) is 8.68. The number of hydrogen-bond donors (Lipinski definition) is 1. The number of carbonyl (C=O) groups excluding carboxylic acids is 1. The number of amides is 1. The Balaban J connectivity index is 1.77. The number of nitrogens with one attached hydrogen (secondary N) is 1. The Morgan fingerprint density at radius 2 is 2.06 bits per heavy atom. The molecule has 1 N–H and O–H groups in total. The van der Waals surface area contributed by atoms with Gasteiger partial charge in [0.1, 0.15) is 5.41 Å². The van der Waals surface area contributed by atoms with E-state index in [0.29, 0.717) is 6.54 Å². The first-order valence-electron chi connectivity index (χ1n) is 7.08. The zero-order valence-electron chi connectivity index (χ0n) is 11.2. The topological polar surface area (TPSA) is 56.1 Å². The number of nitrogens with zero attached hydrogens (tertiary/aromatic N) is 2. The molecule has 0 atom stereocenters.